The summed E-state index contributed by atoms with van der Waals surface area (Å²) in [5.41, 5.74) is 1.29. The fourth-order valence-electron chi connectivity index (χ4n) is 2.90. The predicted octanol–water partition coefficient (Wildman–Crippen LogP) is 4.15. The van der Waals surface area contributed by atoms with Gasteiger partial charge in [-0.05, 0) is 57.0 Å². The van der Waals surface area contributed by atoms with Crippen LogP contribution in [0.15, 0.2) is 24.3 Å². The number of nitrogens with one attached hydrogen (secondary N) is 4. The van der Waals surface area contributed by atoms with E-state index in [1.165, 1.54) is 12.8 Å². The van der Waals surface area contributed by atoms with E-state index >= 15 is 0 Å². The van der Waals surface area contributed by atoms with Crippen molar-refractivity contribution in [3.05, 3.63) is 40.0 Å². The first-order chi connectivity index (χ1) is 13.0. The monoisotopic (exact) mass is 408 g/mol. The number of anilines is 3. The number of amides is 2. The smallest absolute Gasteiger partial charge is 0.326 e. The minimum atomic E-state index is -0.457. The molecule has 0 spiro atoms. The molecule has 0 saturated carbocycles. The zero-order chi connectivity index (χ0) is 19.2. The van der Waals surface area contributed by atoms with E-state index in [4.69, 9.17) is 23.2 Å². The van der Waals surface area contributed by atoms with Crippen molar-refractivity contribution < 1.29 is 4.79 Å². The van der Waals surface area contributed by atoms with Crippen molar-refractivity contribution in [3.8, 4) is 0 Å². The molecule has 7 nitrogen and oxygen atoms in total. The standard InChI is InChI=1S/C18H22Cl2N6O/c1-11-7-16(22-10-12-3-2-6-21-9-12)25-17(23-11)26-18(27)24-13-4-5-14(19)15(20)8-13/h4-5,7-8,12,21H,2-3,6,9-10H2,1H3,(H3,22,23,24,25,26,27). The summed E-state index contributed by atoms with van der Waals surface area (Å²) in [5.74, 6) is 1.50. The minimum Gasteiger partial charge on any atom is -0.370 e. The Kier molecular flexibility index (Phi) is 6.71. The van der Waals surface area contributed by atoms with Crippen LogP contribution in [0.1, 0.15) is 18.5 Å². The Balaban J connectivity index is 1.59. The number of nitrogens with zero attached hydrogens (tertiary/aromatic N) is 2. The number of carbonyl (C=O) groups is 1. The highest BCUT2D eigenvalue weighted by atomic mass is 35.5. The first-order valence-corrected chi connectivity index (χ1v) is 9.58. The highest BCUT2D eigenvalue weighted by Gasteiger charge is 2.13. The van der Waals surface area contributed by atoms with Gasteiger partial charge in [0.25, 0.3) is 0 Å². The van der Waals surface area contributed by atoms with Gasteiger partial charge in [-0.25, -0.2) is 9.78 Å². The van der Waals surface area contributed by atoms with E-state index in [2.05, 4.69) is 31.2 Å². The Morgan fingerprint density at radius 3 is 2.81 bits per heavy atom. The number of hydrogen-bond donors (Lipinski definition) is 4. The zero-order valence-electron chi connectivity index (χ0n) is 15.0. The van der Waals surface area contributed by atoms with Crippen LogP contribution < -0.4 is 21.3 Å². The molecule has 1 saturated heterocycles. The number of hydrogen-bond acceptors (Lipinski definition) is 5. The van der Waals surface area contributed by atoms with Crippen LogP contribution in [0.4, 0.5) is 22.2 Å². The number of piperidine rings is 1. The van der Waals surface area contributed by atoms with Gasteiger partial charge in [-0.3, -0.25) is 5.32 Å². The molecule has 0 radical (unpaired) electrons. The number of aryl methyl sites for hydroxylation is 1. The van der Waals surface area contributed by atoms with Crippen molar-refractivity contribution in [2.75, 3.05) is 35.6 Å². The Morgan fingerprint density at radius 1 is 1.22 bits per heavy atom. The summed E-state index contributed by atoms with van der Waals surface area (Å²) in [6, 6.07) is 6.26. The van der Waals surface area contributed by atoms with Crippen molar-refractivity contribution in [3.63, 3.8) is 0 Å². The summed E-state index contributed by atoms with van der Waals surface area (Å²) in [7, 11) is 0. The molecule has 2 amide bonds. The maximum absolute atomic E-state index is 12.2. The van der Waals surface area contributed by atoms with Crippen molar-refractivity contribution in [1.82, 2.24) is 15.3 Å². The summed E-state index contributed by atoms with van der Waals surface area (Å²) < 4.78 is 0. The van der Waals surface area contributed by atoms with Crippen molar-refractivity contribution in [2.45, 2.75) is 19.8 Å². The first-order valence-electron chi connectivity index (χ1n) is 8.83. The number of aromatic nitrogens is 2. The lowest BCUT2D eigenvalue weighted by Gasteiger charge is -2.23. The van der Waals surface area contributed by atoms with Gasteiger partial charge in [0.05, 0.1) is 10.0 Å². The van der Waals surface area contributed by atoms with E-state index in [-0.39, 0.29) is 5.95 Å². The molecule has 1 atom stereocenters. The average Bonchev–Trinajstić information content (AvgIpc) is 2.63. The molecule has 2 heterocycles. The zero-order valence-corrected chi connectivity index (χ0v) is 16.5. The SMILES string of the molecule is Cc1cc(NCC2CCCNC2)nc(NC(=O)Nc2ccc(Cl)c(Cl)c2)n1. The molecule has 2 aromatic rings. The number of rotatable bonds is 5. The molecule has 1 aliphatic heterocycles. The van der Waals surface area contributed by atoms with Gasteiger partial charge in [-0.15, -0.1) is 0 Å². The van der Waals surface area contributed by atoms with Crippen LogP contribution in [0.25, 0.3) is 0 Å². The van der Waals surface area contributed by atoms with Crippen LogP contribution in [0.3, 0.4) is 0 Å². The third-order valence-electron chi connectivity index (χ3n) is 4.23. The number of carbonyl (C=O) groups excluding carboxylic acids is 1. The van der Waals surface area contributed by atoms with Crippen LogP contribution >= 0.6 is 23.2 Å². The summed E-state index contributed by atoms with van der Waals surface area (Å²) in [5, 5.41) is 12.8. The number of urea groups is 1. The molecule has 1 aliphatic rings. The second-order valence-electron chi connectivity index (χ2n) is 6.52. The van der Waals surface area contributed by atoms with Gasteiger partial charge in [0.1, 0.15) is 5.82 Å². The first kappa shape index (κ1) is 19.7. The lowest BCUT2D eigenvalue weighted by molar-refractivity contribution is 0.262. The molecular formula is C18H22Cl2N6O. The highest BCUT2D eigenvalue weighted by Crippen LogP contribution is 2.25. The van der Waals surface area contributed by atoms with E-state index in [0.717, 1.165) is 25.3 Å². The third kappa shape index (κ3) is 5.95. The molecule has 9 heteroatoms. The molecule has 1 aromatic heterocycles. The number of halogens is 2. The third-order valence-corrected chi connectivity index (χ3v) is 4.97. The summed E-state index contributed by atoms with van der Waals surface area (Å²) in [6.45, 7) is 4.79. The lowest BCUT2D eigenvalue weighted by Crippen LogP contribution is -2.33. The predicted molar refractivity (Wildman–Crippen MR) is 110 cm³/mol. The summed E-state index contributed by atoms with van der Waals surface area (Å²) in [4.78, 5) is 20.8. The van der Waals surface area contributed by atoms with Crippen molar-refractivity contribution >= 4 is 46.7 Å². The van der Waals surface area contributed by atoms with E-state index in [9.17, 15) is 4.79 Å². The molecule has 4 N–H and O–H groups in total. The molecule has 27 heavy (non-hydrogen) atoms. The molecule has 1 unspecified atom stereocenters. The highest BCUT2D eigenvalue weighted by molar-refractivity contribution is 6.42. The fourth-order valence-corrected chi connectivity index (χ4v) is 3.20. The summed E-state index contributed by atoms with van der Waals surface area (Å²) >= 11 is 11.8. The Labute approximate surface area is 168 Å². The van der Waals surface area contributed by atoms with Crippen molar-refractivity contribution in [2.24, 2.45) is 5.92 Å². The van der Waals surface area contributed by atoms with E-state index < -0.39 is 6.03 Å². The van der Waals surface area contributed by atoms with E-state index in [0.29, 0.717) is 27.5 Å². The van der Waals surface area contributed by atoms with Gasteiger partial charge in [0.2, 0.25) is 5.95 Å². The molecule has 144 valence electrons. The van der Waals surface area contributed by atoms with Gasteiger partial charge in [0, 0.05) is 24.0 Å². The van der Waals surface area contributed by atoms with Crippen LogP contribution in [-0.4, -0.2) is 35.6 Å². The quantitative estimate of drug-likeness (QED) is 0.596. The topological polar surface area (TPSA) is 91.0 Å². The molecule has 3 rings (SSSR count). The van der Waals surface area contributed by atoms with E-state index in [1.807, 2.05) is 13.0 Å². The molecule has 0 bridgehead atoms. The molecule has 1 aromatic carbocycles. The normalized spacial score (nSPS) is 16.6. The molecule has 1 fully saturated rings. The second-order valence-corrected chi connectivity index (χ2v) is 7.33. The van der Waals surface area contributed by atoms with Crippen molar-refractivity contribution in [1.29, 1.82) is 0 Å². The minimum absolute atomic E-state index is 0.233. The lowest BCUT2D eigenvalue weighted by atomic mass is 10.00. The van der Waals surface area contributed by atoms with Gasteiger partial charge in [-0.1, -0.05) is 23.2 Å². The van der Waals surface area contributed by atoms with Gasteiger partial charge in [0.15, 0.2) is 0 Å². The Morgan fingerprint density at radius 2 is 2.07 bits per heavy atom. The number of benzene rings is 1. The van der Waals surface area contributed by atoms with Gasteiger partial charge < -0.3 is 16.0 Å². The summed E-state index contributed by atoms with van der Waals surface area (Å²) in [6.07, 6.45) is 2.39. The maximum Gasteiger partial charge on any atom is 0.326 e. The average molecular weight is 409 g/mol. The largest absolute Gasteiger partial charge is 0.370 e. The van der Waals surface area contributed by atoms with Gasteiger partial charge in [-0.2, -0.15) is 4.98 Å². The van der Waals surface area contributed by atoms with Crippen LogP contribution in [0.5, 0.6) is 0 Å². The maximum atomic E-state index is 12.2. The second kappa shape index (κ2) is 9.21. The molecule has 0 aliphatic carbocycles. The molecular weight excluding hydrogens is 387 g/mol. The fraction of sp³-hybridized carbons (Fsp3) is 0.389. The van der Waals surface area contributed by atoms with Gasteiger partial charge >= 0.3 is 6.03 Å². The van der Waals surface area contributed by atoms with Crippen LogP contribution in [0.2, 0.25) is 10.0 Å². The van der Waals surface area contributed by atoms with E-state index in [1.54, 1.807) is 18.2 Å². The Hall–Kier alpha value is -2.09. The Bertz CT molecular complexity index is 810. The van der Waals surface area contributed by atoms with Crippen LogP contribution in [-0.2, 0) is 0 Å². The van der Waals surface area contributed by atoms with Crippen LogP contribution in [0, 0.1) is 12.8 Å².